The van der Waals surface area contributed by atoms with Gasteiger partial charge in [0, 0.05) is 13.1 Å². The minimum absolute atomic E-state index is 0.212. The molecule has 0 saturated carbocycles. The fourth-order valence-electron chi connectivity index (χ4n) is 1.44. The van der Waals surface area contributed by atoms with Gasteiger partial charge in [0.1, 0.15) is 5.82 Å². The molecule has 136 valence electrons. The maximum Gasteiger partial charge on any atom is 0.274 e. The molecular formula is C11H13BrFN7O4S. The van der Waals surface area contributed by atoms with E-state index >= 15 is 0 Å². The molecule has 2 aromatic rings. The van der Waals surface area contributed by atoms with E-state index in [0.717, 1.165) is 6.07 Å². The number of hydrogen-bond acceptors (Lipinski definition) is 8. The third-order valence-corrected chi connectivity index (χ3v) is 3.59. The first-order valence-electron chi connectivity index (χ1n) is 7.84. The van der Waals surface area contributed by atoms with Gasteiger partial charge in [-0.05, 0) is 44.4 Å². The average Bonchev–Trinajstić information content (AvgIpc) is 3.05. The van der Waals surface area contributed by atoms with Crippen LogP contribution in [0.4, 0.5) is 15.9 Å². The van der Waals surface area contributed by atoms with E-state index < -0.39 is 47.0 Å². The van der Waals surface area contributed by atoms with Crippen LogP contribution in [0.5, 0.6) is 0 Å². The summed E-state index contributed by atoms with van der Waals surface area (Å²) in [5.74, 6) is -1.48. The molecule has 0 aliphatic carbocycles. The standard InChI is InChI=1S/C11H13BrFN7O4S/c12-7-5-6(1-2-8(7)13)17-11(18-21)9-10(20-24-19-9)15-3-4-16-25(14,22)23/h1-2,5,16,21H,3-4H2,(H,15,20)(H,17,18)(H2,14,22,23)/i1D,3D,5D. The number of nitrogens with one attached hydrogen (secondary N) is 3. The van der Waals surface area contributed by atoms with Gasteiger partial charge in [0.2, 0.25) is 5.82 Å². The van der Waals surface area contributed by atoms with Crippen molar-refractivity contribution in [2.24, 2.45) is 10.1 Å². The van der Waals surface area contributed by atoms with Crippen molar-refractivity contribution in [1.29, 1.82) is 0 Å². The number of nitrogens with two attached hydrogens (primary N) is 1. The largest absolute Gasteiger partial charge is 0.364 e. The molecule has 1 unspecified atom stereocenters. The van der Waals surface area contributed by atoms with Gasteiger partial charge < -0.3 is 5.32 Å². The molecule has 2 rings (SSSR count). The number of anilines is 1. The van der Waals surface area contributed by atoms with Crippen molar-refractivity contribution in [2.45, 2.75) is 0 Å². The number of halogens is 2. The molecule has 6 N–H and O–H groups in total. The van der Waals surface area contributed by atoms with E-state index in [2.05, 4.69) is 41.2 Å². The summed E-state index contributed by atoms with van der Waals surface area (Å²) >= 11 is 2.86. The van der Waals surface area contributed by atoms with Crippen molar-refractivity contribution in [3.63, 3.8) is 0 Å². The Bertz CT molecular complexity index is 1010. The molecule has 14 heteroatoms. The number of nitrogens with zero attached hydrogens (tertiary/aromatic N) is 3. The second kappa shape index (κ2) is 8.30. The second-order valence-electron chi connectivity index (χ2n) is 4.20. The number of rotatable bonds is 7. The Labute approximate surface area is 153 Å². The van der Waals surface area contributed by atoms with Gasteiger partial charge in [0.15, 0.2) is 11.5 Å². The summed E-state index contributed by atoms with van der Waals surface area (Å²) in [5.41, 5.74) is 1.13. The van der Waals surface area contributed by atoms with Crippen molar-refractivity contribution >= 4 is 43.5 Å². The van der Waals surface area contributed by atoms with Crippen LogP contribution in [0.2, 0.25) is 0 Å². The van der Waals surface area contributed by atoms with Crippen LogP contribution >= 0.6 is 15.9 Å². The van der Waals surface area contributed by atoms with E-state index in [1.165, 1.54) is 0 Å². The molecule has 0 aliphatic heterocycles. The maximum atomic E-state index is 13.6. The van der Waals surface area contributed by atoms with Crippen LogP contribution in [0.3, 0.4) is 0 Å². The van der Waals surface area contributed by atoms with E-state index in [4.69, 9.17) is 9.25 Å². The molecular weight excluding hydrogens is 425 g/mol. The quantitative estimate of drug-likeness (QED) is 0.231. The summed E-state index contributed by atoms with van der Waals surface area (Å²) in [4.78, 5) is 3.86. The van der Waals surface area contributed by atoms with Gasteiger partial charge in [0.25, 0.3) is 10.2 Å². The molecule has 1 aromatic heterocycles. The molecule has 0 bridgehead atoms. The zero-order valence-corrected chi connectivity index (χ0v) is 14.5. The summed E-state index contributed by atoms with van der Waals surface area (Å²) < 4.78 is 64.8. The predicted molar refractivity (Wildman–Crippen MR) is 89.1 cm³/mol. The predicted octanol–water partition coefficient (Wildman–Crippen LogP) is 0.233. The smallest absolute Gasteiger partial charge is 0.274 e. The van der Waals surface area contributed by atoms with E-state index in [-0.39, 0.29) is 21.7 Å². The first-order chi connectivity index (χ1) is 13.0. The van der Waals surface area contributed by atoms with E-state index in [1.807, 2.05) is 4.72 Å². The van der Waals surface area contributed by atoms with Gasteiger partial charge in [-0.1, -0.05) is 0 Å². The molecule has 25 heavy (non-hydrogen) atoms. The Balaban J connectivity index is 2.34. The normalized spacial score (nSPS) is 15.2. The lowest BCUT2D eigenvalue weighted by molar-refractivity contribution is 0.234. The van der Waals surface area contributed by atoms with Crippen molar-refractivity contribution < 1.29 is 26.8 Å². The Kier molecular flexibility index (Phi) is 5.03. The van der Waals surface area contributed by atoms with Crippen LogP contribution in [-0.2, 0) is 10.2 Å². The maximum absolute atomic E-state index is 13.6. The summed E-state index contributed by atoms with van der Waals surface area (Å²) in [5, 5.41) is 23.5. The highest BCUT2D eigenvalue weighted by molar-refractivity contribution is 9.10. The molecule has 0 saturated heterocycles. The van der Waals surface area contributed by atoms with Crippen LogP contribution in [0.25, 0.3) is 0 Å². The SMILES string of the molecule is [2H]c1cc(F)c(Br)c([2H])c1N=C(NO)c1nonc1NC([2H])CNS(N)(=O)=O. The summed E-state index contributed by atoms with van der Waals surface area (Å²) in [6.07, 6.45) is 0. The molecule has 11 nitrogen and oxygen atoms in total. The Morgan fingerprint density at radius 3 is 3.04 bits per heavy atom. The molecule has 0 spiro atoms. The number of aromatic nitrogens is 2. The molecule has 1 aromatic carbocycles. The number of hydroxylamine groups is 1. The van der Waals surface area contributed by atoms with E-state index in [1.54, 1.807) is 5.48 Å². The third-order valence-electron chi connectivity index (χ3n) is 2.44. The van der Waals surface area contributed by atoms with Gasteiger partial charge in [-0.15, -0.1) is 0 Å². The lowest BCUT2D eigenvalue weighted by atomic mass is 10.3. The Hall–Kier alpha value is -2.13. The van der Waals surface area contributed by atoms with Crippen LogP contribution < -0.4 is 20.7 Å². The highest BCUT2D eigenvalue weighted by Gasteiger charge is 2.16. The van der Waals surface area contributed by atoms with Crippen LogP contribution in [0, 0.1) is 5.82 Å². The monoisotopic (exact) mass is 440 g/mol. The molecule has 0 fully saturated rings. The van der Waals surface area contributed by atoms with Gasteiger partial charge in [-0.2, -0.15) is 8.42 Å². The second-order valence-corrected chi connectivity index (χ2v) is 6.37. The summed E-state index contributed by atoms with van der Waals surface area (Å²) in [6.45, 7) is -1.70. The molecule has 1 atom stereocenters. The topological polar surface area (TPSA) is 168 Å². The number of hydrogen-bond donors (Lipinski definition) is 5. The zero-order valence-electron chi connectivity index (χ0n) is 15.1. The fourth-order valence-corrected chi connectivity index (χ4v) is 2.06. The number of amidine groups is 1. The lowest BCUT2D eigenvalue weighted by Crippen LogP contribution is -2.34. The molecule has 1 heterocycles. The van der Waals surface area contributed by atoms with Crippen LogP contribution in [-0.4, -0.2) is 42.8 Å². The molecule has 0 radical (unpaired) electrons. The molecule has 0 aliphatic rings. The van der Waals surface area contributed by atoms with Crippen molar-refractivity contribution in [3.05, 3.63) is 34.1 Å². The van der Waals surface area contributed by atoms with Gasteiger partial charge in [-0.3, -0.25) is 10.7 Å². The third kappa shape index (κ3) is 5.71. The number of benzene rings is 1. The van der Waals surface area contributed by atoms with Gasteiger partial charge in [0.05, 0.1) is 14.3 Å². The summed E-state index contributed by atoms with van der Waals surface area (Å²) in [6, 6.07) is -0.0888. The lowest BCUT2D eigenvalue weighted by Gasteiger charge is -2.06. The Morgan fingerprint density at radius 1 is 1.60 bits per heavy atom. The van der Waals surface area contributed by atoms with E-state index in [9.17, 15) is 18.0 Å². The first-order valence-corrected chi connectivity index (χ1v) is 8.60. The zero-order chi connectivity index (χ0) is 21.1. The minimum Gasteiger partial charge on any atom is -0.364 e. The van der Waals surface area contributed by atoms with E-state index in [0.29, 0.717) is 0 Å². The summed E-state index contributed by atoms with van der Waals surface area (Å²) in [7, 11) is -4.01. The van der Waals surface area contributed by atoms with Crippen molar-refractivity contribution in [2.75, 3.05) is 18.4 Å². The van der Waals surface area contributed by atoms with Gasteiger partial charge >= 0.3 is 0 Å². The van der Waals surface area contributed by atoms with Crippen molar-refractivity contribution in [3.8, 4) is 0 Å². The highest BCUT2D eigenvalue weighted by Crippen LogP contribution is 2.23. The van der Waals surface area contributed by atoms with Crippen LogP contribution in [0.1, 0.15) is 9.81 Å². The van der Waals surface area contributed by atoms with Gasteiger partial charge in [-0.25, -0.2) is 23.9 Å². The average molecular weight is 441 g/mol. The molecule has 0 amide bonds. The Morgan fingerprint density at radius 2 is 2.36 bits per heavy atom. The van der Waals surface area contributed by atoms with Crippen molar-refractivity contribution in [1.82, 2.24) is 20.5 Å². The minimum atomic E-state index is -4.01. The fraction of sp³-hybridized carbons (Fsp3) is 0.182. The first kappa shape index (κ1) is 15.2. The number of aliphatic imine (C=N–C) groups is 1. The highest BCUT2D eigenvalue weighted by atomic mass is 79.9. The van der Waals surface area contributed by atoms with Crippen LogP contribution in [0.15, 0.2) is 32.2 Å².